The van der Waals surface area contributed by atoms with Crippen LogP contribution in [0.1, 0.15) is 51.7 Å². The summed E-state index contributed by atoms with van der Waals surface area (Å²) < 4.78 is 5.02. The van der Waals surface area contributed by atoms with Crippen LogP contribution in [-0.2, 0) is 9.59 Å². The molecule has 0 spiro atoms. The van der Waals surface area contributed by atoms with Gasteiger partial charge in [-0.1, -0.05) is 52.0 Å². The minimum atomic E-state index is -1.05. The zero-order valence-corrected chi connectivity index (χ0v) is 16.7. The minimum absolute atomic E-state index is 0.0294. The second-order valence-corrected chi connectivity index (χ2v) is 5.05. The van der Waals surface area contributed by atoms with Crippen molar-refractivity contribution in [2.45, 2.75) is 40.5 Å². The van der Waals surface area contributed by atoms with Crippen LogP contribution in [0.4, 0.5) is 0 Å². The van der Waals surface area contributed by atoms with Crippen molar-refractivity contribution >= 4 is 24.1 Å². The first-order valence-corrected chi connectivity index (χ1v) is 9.16. The number of carboxylic acids is 1. The zero-order valence-electron chi connectivity index (χ0n) is 16.7. The van der Waals surface area contributed by atoms with Crippen LogP contribution in [0.25, 0.3) is 12.2 Å². The molecule has 2 rings (SSSR count). The Morgan fingerprint density at radius 2 is 1.32 bits per heavy atom. The second kappa shape index (κ2) is 13.9. The summed E-state index contributed by atoms with van der Waals surface area (Å²) in [4.78, 5) is 21.8. The number of ether oxygens (including phenoxy) is 1. The van der Waals surface area contributed by atoms with Gasteiger partial charge in [-0.3, -0.25) is 9.59 Å². The Labute approximate surface area is 165 Å². The van der Waals surface area contributed by atoms with Crippen LogP contribution in [0.3, 0.4) is 0 Å². The van der Waals surface area contributed by atoms with Gasteiger partial charge >= 0.3 is 11.9 Å². The number of hydrogen-bond acceptors (Lipinski definition) is 5. The molecule has 0 aliphatic carbocycles. The third kappa shape index (κ3) is 10.0. The summed E-state index contributed by atoms with van der Waals surface area (Å²) in [7, 11) is 0. The van der Waals surface area contributed by atoms with Crippen molar-refractivity contribution in [2.24, 2.45) is 0 Å². The fraction of sp³-hybridized carbons (Fsp3) is 0.273. The number of hydrogen-bond donors (Lipinski definition) is 3. The Bertz CT molecular complexity index is 743. The Morgan fingerprint density at radius 1 is 0.821 bits per heavy atom. The maximum absolute atomic E-state index is 11.4. The van der Waals surface area contributed by atoms with Crippen LogP contribution in [-0.4, -0.2) is 27.3 Å². The molecule has 2 aromatic rings. The Kier molecular flexibility index (Phi) is 12.2. The molecule has 152 valence electrons. The summed E-state index contributed by atoms with van der Waals surface area (Å²) in [6.45, 7) is 8.00. The Hall–Kier alpha value is -3.28. The Balaban J connectivity index is 0.00000171. The Morgan fingerprint density at radius 3 is 1.82 bits per heavy atom. The maximum atomic E-state index is 11.4. The molecule has 6 heteroatoms. The van der Waals surface area contributed by atoms with Crippen LogP contribution in [0.15, 0.2) is 42.5 Å². The lowest BCUT2D eigenvalue weighted by Gasteiger charge is -2.03. The zero-order chi connectivity index (χ0) is 21.5. The van der Waals surface area contributed by atoms with Crippen LogP contribution in [0.5, 0.6) is 17.2 Å². The van der Waals surface area contributed by atoms with Gasteiger partial charge in [0.05, 0.1) is 12.8 Å². The average Bonchev–Trinajstić information content (AvgIpc) is 2.68. The highest BCUT2D eigenvalue weighted by Gasteiger charge is 2.07. The topological polar surface area (TPSA) is 104 Å². The lowest BCUT2D eigenvalue weighted by molar-refractivity contribution is -0.142. The van der Waals surface area contributed by atoms with Gasteiger partial charge in [-0.05, 0) is 35.4 Å². The van der Waals surface area contributed by atoms with Gasteiger partial charge in [-0.25, -0.2) is 0 Å². The predicted molar refractivity (Wildman–Crippen MR) is 110 cm³/mol. The van der Waals surface area contributed by atoms with E-state index in [4.69, 9.17) is 9.84 Å². The highest BCUT2D eigenvalue weighted by atomic mass is 16.5. The van der Waals surface area contributed by atoms with Gasteiger partial charge < -0.3 is 20.1 Å². The molecule has 0 unspecified atom stereocenters. The van der Waals surface area contributed by atoms with Crippen molar-refractivity contribution in [1.82, 2.24) is 0 Å². The number of carbonyl (C=O) groups is 2. The van der Waals surface area contributed by atoms with E-state index in [2.05, 4.69) is 0 Å². The maximum Gasteiger partial charge on any atom is 0.311 e. The van der Waals surface area contributed by atoms with Gasteiger partial charge in [-0.2, -0.15) is 0 Å². The molecule has 0 fully saturated rings. The number of esters is 1. The van der Waals surface area contributed by atoms with Crippen molar-refractivity contribution < 1.29 is 29.6 Å². The summed E-state index contributed by atoms with van der Waals surface area (Å²) in [5.41, 5.74) is 1.46. The van der Waals surface area contributed by atoms with E-state index >= 15 is 0 Å². The first-order valence-electron chi connectivity index (χ1n) is 9.16. The fourth-order valence-corrected chi connectivity index (χ4v) is 1.95. The first kappa shape index (κ1) is 24.7. The summed E-state index contributed by atoms with van der Waals surface area (Å²) >= 11 is 0. The molecular weight excluding hydrogens is 360 g/mol. The molecule has 0 aliphatic heterocycles. The molecule has 0 aliphatic rings. The van der Waals surface area contributed by atoms with Gasteiger partial charge in [0.1, 0.15) is 17.2 Å². The van der Waals surface area contributed by atoms with Crippen molar-refractivity contribution in [1.29, 1.82) is 0 Å². The molecule has 6 nitrogen and oxygen atoms in total. The SMILES string of the molecule is CC.CC.O=C(O)CCC(=O)Oc1ccc(/C=C/c2cc(O)cc(O)c2)cc1. The van der Waals surface area contributed by atoms with Gasteiger partial charge in [0, 0.05) is 6.07 Å². The quantitative estimate of drug-likeness (QED) is 0.362. The third-order valence-corrected chi connectivity index (χ3v) is 3.05. The molecule has 0 atom stereocenters. The molecule has 3 N–H and O–H groups in total. The third-order valence-electron chi connectivity index (χ3n) is 3.05. The number of phenols is 2. The normalized spacial score (nSPS) is 9.57. The number of benzene rings is 2. The average molecular weight is 388 g/mol. The summed E-state index contributed by atoms with van der Waals surface area (Å²) in [6, 6.07) is 10.9. The van der Waals surface area contributed by atoms with E-state index in [-0.39, 0.29) is 24.3 Å². The minimum Gasteiger partial charge on any atom is -0.508 e. The highest BCUT2D eigenvalue weighted by molar-refractivity contribution is 5.78. The van der Waals surface area contributed by atoms with Crippen molar-refractivity contribution in [2.75, 3.05) is 0 Å². The standard InChI is InChI=1S/C18H16O6.2C2H6/c19-14-9-13(10-15(20)11-14)2-1-12-3-5-16(6-4-12)24-18(23)8-7-17(21)22;2*1-2/h1-6,9-11,19-20H,7-8H2,(H,21,22);2*1-2H3/b2-1+;;. The number of rotatable bonds is 6. The van der Waals surface area contributed by atoms with E-state index < -0.39 is 11.9 Å². The highest BCUT2D eigenvalue weighted by Crippen LogP contribution is 2.22. The molecule has 0 saturated carbocycles. The van der Waals surface area contributed by atoms with Crippen LogP contribution < -0.4 is 4.74 Å². The number of carbonyl (C=O) groups excluding carboxylic acids is 1. The molecule has 0 radical (unpaired) electrons. The molecular formula is C22H28O6. The van der Waals surface area contributed by atoms with E-state index in [9.17, 15) is 19.8 Å². The monoisotopic (exact) mass is 388 g/mol. The van der Waals surface area contributed by atoms with E-state index in [1.54, 1.807) is 36.4 Å². The van der Waals surface area contributed by atoms with E-state index in [1.807, 2.05) is 27.7 Å². The second-order valence-electron chi connectivity index (χ2n) is 5.05. The molecule has 0 aromatic heterocycles. The molecule has 0 bridgehead atoms. The molecule has 0 saturated heterocycles. The van der Waals surface area contributed by atoms with E-state index in [0.717, 1.165) is 5.56 Å². The van der Waals surface area contributed by atoms with Crippen LogP contribution in [0.2, 0.25) is 0 Å². The molecule has 0 heterocycles. The van der Waals surface area contributed by atoms with Crippen molar-refractivity contribution in [3.8, 4) is 17.2 Å². The van der Waals surface area contributed by atoms with Crippen molar-refractivity contribution in [3.63, 3.8) is 0 Å². The summed E-state index contributed by atoms with van der Waals surface area (Å²) in [5, 5.41) is 27.3. The lowest BCUT2D eigenvalue weighted by Crippen LogP contribution is -2.10. The van der Waals surface area contributed by atoms with E-state index in [0.29, 0.717) is 11.3 Å². The fourth-order valence-electron chi connectivity index (χ4n) is 1.95. The largest absolute Gasteiger partial charge is 0.508 e. The number of phenolic OH excluding ortho intramolecular Hbond substituents is 2. The predicted octanol–water partition coefficient (Wildman–Crippen LogP) is 5.09. The number of aliphatic carboxylic acids is 1. The first-order chi connectivity index (χ1) is 13.4. The molecule has 2 aromatic carbocycles. The smallest absolute Gasteiger partial charge is 0.311 e. The summed E-state index contributed by atoms with van der Waals surface area (Å²) in [5.74, 6) is -1.38. The molecule has 0 amide bonds. The van der Waals surface area contributed by atoms with E-state index in [1.165, 1.54) is 18.2 Å². The van der Waals surface area contributed by atoms with Crippen LogP contribution in [0, 0.1) is 0 Å². The van der Waals surface area contributed by atoms with Crippen LogP contribution >= 0.6 is 0 Å². The van der Waals surface area contributed by atoms with Gasteiger partial charge in [0.2, 0.25) is 0 Å². The van der Waals surface area contributed by atoms with Gasteiger partial charge in [0.25, 0.3) is 0 Å². The van der Waals surface area contributed by atoms with Gasteiger partial charge in [0.15, 0.2) is 0 Å². The van der Waals surface area contributed by atoms with Crippen molar-refractivity contribution in [3.05, 3.63) is 53.6 Å². The number of carboxylic acid groups (broad SMARTS) is 1. The van der Waals surface area contributed by atoms with Gasteiger partial charge in [-0.15, -0.1) is 0 Å². The number of aromatic hydroxyl groups is 2. The molecule has 28 heavy (non-hydrogen) atoms. The lowest BCUT2D eigenvalue weighted by atomic mass is 10.1. The summed E-state index contributed by atoms with van der Waals surface area (Å²) in [6.07, 6.45) is 3.03.